The van der Waals surface area contributed by atoms with Gasteiger partial charge in [-0.25, -0.2) is 0 Å². The summed E-state index contributed by atoms with van der Waals surface area (Å²) in [6, 6.07) is 16.5. The van der Waals surface area contributed by atoms with Gasteiger partial charge in [-0.05, 0) is 37.5 Å². The van der Waals surface area contributed by atoms with Gasteiger partial charge in [-0.1, -0.05) is 48.0 Å². The Morgan fingerprint density at radius 3 is 2.54 bits per heavy atom. The van der Waals surface area contributed by atoms with Crippen LogP contribution in [0.15, 0.2) is 59.5 Å². The van der Waals surface area contributed by atoms with E-state index >= 15 is 0 Å². The molecule has 5 nitrogen and oxygen atoms in total. The minimum absolute atomic E-state index is 0.0460. The number of aryl methyl sites for hydroxylation is 1. The van der Waals surface area contributed by atoms with Crippen molar-refractivity contribution in [2.24, 2.45) is 0 Å². The quantitative estimate of drug-likeness (QED) is 0.693. The first-order valence-corrected chi connectivity index (χ1v) is 10.2. The molecule has 0 N–H and O–H groups in total. The van der Waals surface area contributed by atoms with Crippen molar-refractivity contribution in [3.8, 4) is 0 Å². The monoisotopic (exact) mass is 376 g/mol. The Morgan fingerprint density at radius 1 is 1.08 bits per heavy atom. The molecule has 1 fully saturated rings. The van der Waals surface area contributed by atoms with Crippen LogP contribution in [-0.4, -0.2) is 33.8 Å². The summed E-state index contributed by atoms with van der Waals surface area (Å²) in [6.45, 7) is 2.91. The van der Waals surface area contributed by atoms with Gasteiger partial charge in [0.2, 0.25) is 0 Å². The van der Waals surface area contributed by atoms with E-state index in [9.17, 15) is 8.42 Å². The minimum atomic E-state index is -3.80. The lowest BCUT2D eigenvalue weighted by molar-refractivity contribution is -0.122. The van der Waals surface area contributed by atoms with E-state index in [4.69, 9.17) is 13.7 Å². The van der Waals surface area contributed by atoms with Crippen LogP contribution in [0, 0.1) is 6.92 Å². The molecule has 0 radical (unpaired) electrons. The fraction of sp³-hybridized carbons (Fsp3) is 0.400. The van der Waals surface area contributed by atoms with Crippen molar-refractivity contribution in [2.75, 3.05) is 13.2 Å². The third-order valence-electron chi connectivity index (χ3n) is 4.38. The van der Waals surface area contributed by atoms with Crippen molar-refractivity contribution >= 4 is 10.1 Å². The first kappa shape index (κ1) is 19.0. The molecular formula is C20H24O5S. The molecule has 0 aromatic heterocycles. The second kappa shape index (κ2) is 8.77. The Morgan fingerprint density at radius 2 is 1.81 bits per heavy atom. The molecular weight excluding hydrogens is 352 g/mol. The highest BCUT2D eigenvalue weighted by atomic mass is 32.2. The highest BCUT2D eigenvalue weighted by molar-refractivity contribution is 7.86. The van der Waals surface area contributed by atoms with Crippen molar-refractivity contribution in [1.82, 2.24) is 0 Å². The van der Waals surface area contributed by atoms with E-state index in [-0.39, 0.29) is 17.6 Å². The Balaban J connectivity index is 1.58. The lowest BCUT2D eigenvalue weighted by Crippen LogP contribution is -2.40. The fourth-order valence-corrected chi connectivity index (χ4v) is 3.78. The molecule has 26 heavy (non-hydrogen) atoms. The van der Waals surface area contributed by atoms with Gasteiger partial charge in [-0.3, -0.25) is 4.18 Å². The van der Waals surface area contributed by atoms with E-state index in [2.05, 4.69) is 0 Å². The summed E-state index contributed by atoms with van der Waals surface area (Å²) >= 11 is 0. The van der Waals surface area contributed by atoms with Gasteiger partial charge < -0.3 is 9.47 Å². The van der Waals surface area contributed by atoms with Crippen LogP contribution in [0.2, 0.25) is 0 Å². The van der Waals surface area contributed by atoms with E-state index in [0.717, 1.165) is 24.0 Å². The van der Waals surface area contributed by atoms with Gasteiger partial charge in [-0.15, -0.1) is 0 Å². The summed E-state index contributed by atoms with van der Waals surface area (Å²) < 4.78 is 41.6. The lowest BCUT2D eigenvalue weighted by Gasteiger charge is -2.31. The van der Waals surface area contributed by atoms with Gasteiger partial charge in [0, 0.05) is 6.61 Å². The maximum Gasteiger partial charge on any atom is 0.297 e. The van der Waals surface area contributed by atoms with E-state index in [1.807, 2.05) is 37.3 Å². The van der Waals surface area contributed by atoms with Crippen LogP contribution < -0.4 is 0 Å². The van der Waals surface area contributed by atoms with Crippen LogP contribution in [0.1, 0.15) is 24.0 Å². The zero-order valence-electron chi connectivity index (χ0n) is 14.8. The minimum Gasteiger partial charge on any atom is -0.373 e. The molecule has 0 aliphatic carbocycles. The first-order valence-electron chi connectivity index (χ1n) is 8.78. The number of hydrogen-bond acceptors (Lipinski definition) is 5. The number of rotatable bonds is 7. The van der Waals surface area contributed by atoms with E-state index in [0.29, 0.717) is 13.2 Å². The number of ether oxygens (including phenoxy) is 2. The summed E-state index contributed by atoms with van der Waals surface area (Å²) in [4.78, 5) is 0.153. The SMILES string of the molecule is Cc1ccc(S(=O)(=O)OC[C@H]2OCCC[C@@H]2OCc2ccccc2)cc1. The van der Waals surface area contributed by atoms with Gasteiger partial charge in [0.25, 0.3) is 10.1 Å². The van der Waals surface area contributed by atoms with E-state index in [1.165, 1.54) is 0 Å². The Hall–Kier alpha value is -1.73. The normalized spacial score (nSPS) is 20.8. The third kappa shape index (κ3) is 5.14. The van der Waals surface area contributed by atoms with Crippen LogP contribution >= 0.6 is 0 Å². The molecule has 1 heterocycles. The van der Waals surface area contributed by atoms with Crippen molar-refractivity contribution in [2.45, 2.75) is 43.5 Å². The zero-order valence-corrected chi connectivity index (χ0v) is 15.7. The number of hydrogen-bond donors (Lipinski definition) is 0. The van der Waals surface area contributed by atoms with Gasteiger partial charge in [0.15, 0.2) is 0 Å². The fourth-order valence-electron chi connectivity index (χ4n) is 2.87. The summed E-state index contributed by atoms with van der Waals surface area (Å²) in [5.74, 6) is 0. The second-order valence-corrected chi connectivity index (χ2v) is 8.05. The molecule has 0 amide bonds. The topological polar surface area (TPSA) is 61.8 Å². The Kier molecular flexibility index (Phi) is 6.43. The smallest absolute Gasteiger partial charge is 0.297 e. The molecule has 2 aromatic carbocycles. The lowest BCUT2D eigenvalue weighted by atomic mass is 10.1. The highest BCUT2D eigenvalue weighted by Gasteiger charge is 2.29. The Bertz CT molecular complexity index is 787. The molecule has 0 unspecified atom stereocenters. The summed E-state index contributed by atoms with van der Waals surface area (Å²) in [7, 11) is -3.80. The van der Waals surface area contributed by atoms with Crippen molar-refractivity contribution < 1.29 is 22.1 Å². The van der Waals surface area contributed by atoms with Gasteiger partial charge in [-0.2, -0.15) is 8.42 Å². The Labute approximate surface area is 155 Å². The predicted molar refractivity (Wildman–Crippen MR) is 98.3 cm³/mol. The van der Waals surface area contributed by atoms with E-state index < -0.39 is 16.2 Å². The molecule has 1 saturated heterocycles. The third-order valence-corrected chi connectivity index (χ3v) is 5.68. The van der Waals surface area contributed by atoms with Crippen molar-refractivity contribution in [1.29, 1.82) is 0 Å². The maximum absolute atomic E-state index is 12.4. The standard InChI is InChI=1S/C20H24O5S/c1-16-9-11-18(12-10-16)26(21,22)25-15-20-19(8-5-13-23-20)24-14-17-6-3-2-4-7-17/h2-4,6-7,9-12,19-20H,5,8,13-15H2,1H3/t19-,20+/m0/s1. The van der Waals surface area contributed by atoms with Crippen LogP contribution in [0.5, 0.6) is 0 Å². The predicted octanol–water partition coefficient (Wildman–Crippen LogP) is 3.46. The summed E-state index contributed by atoms with van der Waals surface area (Å²) in [5.41, 5.74) is 2.07. The molecule has 0 spiro atoms. The van der Waals surface area contributed by atoms with Gasteiger partial charge in [0.05, 0.1) is 24.2 Å². The molecule has 1 aliphatic heterocycles. The second-order valence-electron chi connectivity index (χ2n) is 6.44. The van der Waals surface area contributed by atoms with Crippen LogP contribution in [0.25, 0.3) is 0 Å². The molecule has 2 atom stereocenters. The molecule has 0 bridgehead atoms. The molecule has 0 saturated carbocycles. The van der Waals surface area contributed by atoms with Crippen LogP contribution in [0.4, 0.5) is 0 Å². The zero-order chi connectivity index (χ0) is 18.4. The maximum atomic E-state index is 12.4. The van der Waals surface area contributed by atoms with Crippen molar-refractivity contribution in [3.63, 3.8) is 0 Å². The molecule has 6 heteroatoms. The first-order chi connectivity index (χ1) is 12.5. The molecule has 3 rings (SSSR count). The highest BCUT2D eigenvalue weighted by Crippen LogP contribution is 2.21. The van der Waals surface area contributed by atoms with Crippen LogP contribution in [0.3, 0.4) is 0 Å². The van der Waals surface area contributed by atoms with Crippen LogP contribution in [-0.2, 0) is 30.4 Å². The molecule has 140 valence electrons. The summed E-state index contributed by atoms with van der Waals surface area (Å²) in [6.07, 6.45) is 1.14. The molecule has 1 aliphatic rings. The average Bonchev–Trinajstić information content (AvgIpc) is 2.66. The largest absolute Gasteiger partial charge is 0.373 e. The van der Waals surface area contributed by atoms with Gasteiger partial charge >= 0.3 is 0 Å². The van der Waals surface area contributed by atoms with Gasteiger partial charge in [0.1, 0.15) is 6.10 Å². The molecule has 2 aromatic rings. The average molecular weight is 376 g/mol. The summed E-state index contributed by atoms with van der Waals surface area (Å²) in [5, 5.41) is 0. The number of benzene rings is 2. The van der Waals surface area contributed by atoms with Crippen molar-refractivity contribution in [3.05, 3.63) is 65.7 Å². The van der Waals surface area contributed by atoms with E-state index in [1.54, 1.807) is 24.3 Å².